The summed E-state index contributed by atoms with van der Waals surface area (Å²) in [4.78, 5) is 16.9. The Morgan fingerprint density at radius 3 is 2.63 bits per heavy atom. The summed E-state index contributed by atoms with van der Waals surface area (Å²) in [6.07, 6.45) is 5.36. The smallest absolute Gasteiger partial charge is 0.287 e. The van der Waals surface area contributed by atoms with Gasteiger partial charge in [-0.05, 0) is 43.5 Å². The first-order valence-electron chi connectivity index (χ1n) is 8.90. The fourth-order valence-electron chi connectivity index (χ4n) is 3.46. The summed E-state index contributed by atoms with van der Waals surface area (Å²) in [7, 11) is 0. The zero-order valence-electron chi connectivity index (χ0n) is 15.6. The minimum atomic E-state index is -0.206. The minimum Gasteiger partial charge on any atom is -0.450 e. The molecule has 1 amide bonds. The number of furan rings is 1. The number of carbonyl (C=O) groups excluding carboxylic acids is 1. The van der Waals surface area contributed by atoms with Gasteiger partial charge < -0.3 is 14.3 Å². The van der Waals surface area contributed by atoms with Crippen LogP contribution in [0.2, 0.25) is 0 Å². The van der Waals surface area contributed by atoms with Crippen molar-refractivity contribution in [2.24, 2.45) is 0 Å². The van der Waals surface area contributed by atoms with Crippen LogP contribution in [0.1, 0.15) is 32.8 Å². The van der Waals surface area contributed by atoms with Crippen molar-refractivity contribution in [1.82, 2.24) is 14.9 Å². The number of hydrogen-bond donors (Lipinski definition) is 1. The maximum Gasteiger partial charge on any atom is 0.287 e. The molecule has 0 bridgehead atoms. The van der Waals surface area contributed by atoms with Crippen molar-refractivity contribution >= 4 is 16.9 Å². The zero-order chi connectivity index (χ0) is 19.0. The van der Waals surface area contributed by atoms with Crippen LogP contribution < -0.4 is 5.32 Å². The van der Waals surface area contributed by atoms with Crippen molar-refractivity contribution in [3.63, 3.8) is 0 Å². The van der Waals surface area contributed by atoms with Gasteiger partial charge in [0, 0.05) is 29.9 Å². The molecule has 5 nitrogen and oxygen atoms in total. The molecule has 0 aliphatic rings. The summed E-state index contributed by atoms with van der Waals surface area (Å²) in [5.41, 5.74) is 5.81. The van der Waals surface area contributed by atoms with Crippen molar-refractivity contribution in [3.8, 4) is 5.69 Å². The van der Waals surface area contributed by atoms with E-state index in [4.69, 9.17) is 4.42 Å². The Kier molecular flexibility index (Phi) is 4.28. The van der Waals surface area contributed by atoms with Crippen LogP contribution in [0, 0.1) is 20.8 Å². The minimum absolute atomic E-state index is 0.206. The lowest BCUT2D eigenvalue weighted by atomic mass is 10.0. The Hall–Kier alpha value is -3.34. The molecule has 5 heteroatoms. The number of para-hydroxylation sites is 1. The van der Waals surface area contributed by atoms with E-state index < -0.39 is 0 Å². The van der Waals surface area contributed by atoms with Crippen LogP contribution >= 0.6 is 0 Å². The number of nitrogens with one attached hydrogen (secondary N) is 1. The number of benzene rings is 2. The fourth-order valence-corrected chi connectivity index (χ4v) is 3.46. The van der Waals surface area contributed by atoms with E-state index in [9.17, 15) is 4.79 Å². The van der Waals surface area contributed by atoms with Gasteiger partial charge in [0.05, 0.1) is 12.0 Å². The van der Waals surface area contributed by atoms with Gasteiger partial charge in [-0.3, -0.25) is 4.79 Å². The van der Waals surface area contributed by atoms with Gasteiger partial charge in [0.25, 0.3) is 5.91 Å². The molecule has 0 saturated heterocycles. The highest BCUT2D eigenvalue weighted by Gasteiger charge is 2.20. The maximum atomic E-state index is 12.8. The van der Waals surface area contributed by atoms with Crippen LogP contribution in [-0.4, -0.2) is 15.5 Å². The Labute approximate surface area is 157 Å². The summed E-state index contributed by atoms with van der Waals surface area (Å²) in [6, 6.07) is 12.0. The molecule has 1 N–H and O–H groups in total. The van der Waals surface area contributed by atoms with Crippen molar-refractivity contribution in [3.05, 3.63) is 83.1 Å². The highest BCUT2D eigenvalue weighted by atomic mass is 16.3. The van der Waals surface area contributed by atoms with E-state index in [1.807, 2.05) is 61.9 Å². The molecule has 0 radical (unpaired) electrons. The van der Waals surface area contributed by atoms with Gasteiger partial charge in [-0.25, -0.2) is 4.98 Å². The molecule has 27 heavy (non-hydrogen) atoms. The average Bonchev–Trinajstić information content (AvgIpc) is 3.32. The number of fused-ring (bicyclic) bond motifs is 1. The monoisotopic (exact) mass is 359 g/mol. The molecule has 0 aliphatic heterocycles. The fraction of sp³-hybridized carbons (Fsp3) is 0.182. The number of aromatic nitrogens is 2. The maximum absolute atomic E-state index is 12.8. The number of hydrogen-bond acceptors (Lipinski definition) is 3. The third kappa shape index (κ3) is 3.01. The van der Waals surface area contributed by atoms with E-state index in [1.165, 1.54) is 0 Å². The van der Waals surface area contributed by atoms with Crippen LogP contribution in [0.3, 0.4) is 0 Å². The molecule has 4 aromatic rings. The molecular formula is C22H21N3O2. The van der Waals surface area contributed by atoms with E-state index >= 15 is 0 Å². The highest BCUT2D eigenvalue weighted by Crippen LogP contribution is 2.30. The van der Waals surface area contributed by atoms with Crippen LogP contribution in [0.25, 0.3) is 16.7 Å². The van der Waals surface area contributed by atoms with Gasteiger partial charge in [-0.1, -0.05) is 30.3 Å². The van der Waals surface area contributed by atoms with E-state index in [0.717, 1.165) is 38.9 Å². The van der Waals surface area contributed by atoms with Crippen molar-refractivity contribution < 1.29 is 9.21 Å². The molecule has 4 rings (SSSR count). The zero-order valence-corrected chi connectivity index (χ0v) is 15.6. The summed E-state index contributed by atoms with van der Waals surface area (Å²) < 4.78 is 7.87. The second-order valence-corrected chi connectivity index (χ2v) is 6.74. The Morgan fingerprint density at radius 2 is 1.89 bits per heavy atom. The first-order valence-corrected chi connectivity index (χ1v) is 8.90. The van der Waals surface area contributed by atoms with Gasteiger partial charge in [-0.15, -0.1) is 0 Å². The standard InChI is InChI=1S/C22H21N3O2/c1-14-8-9-15(2)20-19(14)16(3)21(27-20)22(26)24-12-17-6-4-5-7-18(17)25-11-10-23-13-25/h4-11,13H,12H2,1-3H3,(H,24,26). The summed E-state index contributed by atoms with van der Waals surface area (Å²) in [6.45, 7) is 6.37. The van der Waals surface area contributed by atoms with E-state index in [2.05, 4.69) is 16.4 Å². The van der Waals surface area contributed by atoms with Crippen molar-refractivity contribution in [1.29, 1.82) is 0 Å². The Balaban J connectivity index is 1.62. The molecule has 0 spiro atoms. The summed E-state index contributed by atoms with van der Waals surface area (Å²) in [5, 5.41) is 4.02. The summed E-state index contributed by atoms with van der Waals surface area (Å²) in [5.74, 6) is 0.172. The largest absolute Gasteiger partial charge is 0.450 e. The topological polar surface area (TPSA) is 60.1 Å². The molecule has 2 heterocycles. The van der Waals surface area contributed by atoms with Crippen LogP contribution in [-0.2, 0) is 6.54 Å². The number of aryl methyl sites for hydroxylation is 3. The van der Waals surface area contributed by atoms with Crippen molar-refractivity contribution in [2.45, 2.75) is 27.3 Å². The van der Waals surface area contributed by atoms with Gasteiger partial charge >= 0.3 is 0 Å². The Bertz CT molecular complexity index is 1120. The first kappa shape index (κ1) is 17.1. The molecular weight excluding hydrogens is 338 g/mol. The van der Waals surface area contributed by atoms with E-state index in [1.54, 1.807) is 12.5 Å². The quantitative estimate of drug-likeness (QED) is 0.585. The van der Waals surface area contributed by atoms with Gasteiger partial charge in [0.15, 0.2) is 5.76 Å². The van der Waals surface area contributed by atoms with Gasteiger partial charge in [0.1, 0.15) is 5.58 Å². The number of amides is 1. The Morgan fingerprint density at radius 1 is 1.11 bits per heavy atom. The van der Waals surface area contributed by atoms with E-state index in [0.29, 0.717) is 12.3 Å². The van der Waals surface area contributed by atoms with Crippen LogP contribution in [0.15, 0.2) is 59.5 Å². The molecule has 0 saturated carbocycles. The predicted octanol–water partition coefficient (Wildman–Crippen LogP) is 4.47. The van der Waals surface area contributed by atoms with Crippen molar-refractivity contribution in [2.75, 3.05) is 0 Å². The second kappa shape index (κ2) is 6.76. The molecule has 0 atom stereocenters. The first-order chi connectivity index (χ1) is 13.1. The second-order valence-electron chi connectivity index (χ2n) is 6.74. The lowest BCUT2D eigenvalue weighted by Crippen LogP contribution is -2.23. The molecule has 0 aliphatic carbocycles. The van der Waals surface area contributed by atoms with E-state index in [-0.39, 0.29) is 5.91 Å². The molecule has 2 aromatic heterocycles. The molecule has 2 aromatic carbocycles. The normalized spacial score (nSPS) is 11.1. The summed E-state index contributed by atoms with van der Waals surface area (Å²) >= 11 is 0. The number of rotatable bonds is 4. The van der Waals surface area contributed by atoms with Gasteiger partial charge in [-0.2, -0.15) is 0 Å². The third-order valence-electron chi connectivity index (χ3n) is 4.90. The number of nitrogens with zero attached hydrogens (tertiary/aromatic N) is 2. The van der Waals surface area contributed by atoms with Gasteiger partial charge in [0.2, 0.25) is 0 Å². The average molecular weight is 359 g/mol. The lowest BCUT2D eigenvalue weighted by molar-refractivity contribution is 0.0924. The molecule has 136 valence electrons. The SMILES string of the molecule is Cc1ccc(C)c2c(C)c(C(=O)NCc3ccccc3-n3ccnc3)oc12. The number of imidazole rings is 1. The molecule has 0 fully saturated rings. The number of carbonyl (C=O) groups is 1. The van der Waals surface area contributed by atoms with Crippen LogP contribution in [0.4, 0.5) is 0 Å². The molecule has 0 unspecified atom stereocenters. The highest BCUT2D eigenvalue weighted by molar-refractivity contribution is 6.00. The lowest BCUT2D eigenvalue weighted by Gasteiger charge is -2.10. The van der Waals surface area contributed by atoms with Crippen LogP contribution in [0.5, 0.6) is 0 Å². The predicted molar refractivity (Wildman–Crippen MR) is 105 cm³/mol. The third-order valence-corrected chi connectivity index (χ3v) is 4.90.